The van der Waals surface area contributed by atoms with Crippen molar-refractivity contribution >= 4 is 60.0 Å². The molecule has 53 heavy (non-hydrogen) atoms. The van der Waals surface area contributed by atoms with Gasteiger partial charge in [-0.05, 0) is 49.7 Å². The van der Waals surface area contributed by atoms with E-state index in [1.807, 2.05) is 61.5 Å². The first-order valence-corrected chi connectivity index (χ1v) is 19.1. The lowest BCUT2D eigenvalue weighted by Crippen LogP contribution is -2.25. The molecule has 3 aromatic carbocycles. The Labute approximate surface area is 306 Å². The number of aromatic nitrogens is 3. The highest BCUT2D eigenvalue weighted by Crippen LogP contribution is 2.42. The van der Waals surface area contributed by atoms with Crippen molar-refractivity contribution in [3.8, 4) is 28.7 Å². The summed E-state index contributed by atoms with van der Waals surface area (Å²) in [6, 6.07) is 24.7. The summed E-state index contributed by atoms with van der Waals surface area (Å²) in [4.78, 5) is 26.1. The standard InChI is InChI=1S/C40H37N7O5S/c1-23-9-11-24(12-10-23)39-37(40(48)42-2)29-17-28(33(19-35(29)52-39)45(3)53(5,49)50)30-13-14-31-38(44-30)34-18-27-25(20-41)7-6-8-32(27)47(34)36(43-31)22-46-16-15-26(21-46)51-4/h6-14,17-19,26H,15-16,21-22H2,1-5H3,(H,42,48)/t26-/m0/s1. The predicted molar refractivity (Wildman–Crippen MR) is 205 cm³/mol. The quantitative estimate of drug-likeness (QED) is 0.191. The van der Waals surface area contributed by atoms with Crippen molar-refractivity contribution < 1.29 is 22.4 Å². The molecule has 7 aromatic rings. The normalized spacial score (nSPS) is 15.1. The third-order valence-electron chi connectivity index (χ3n) is 10.2. The lowest BCUT2D eigenvalue weighted by molar-refractivity contribution is 0.0964. The number of hydrogen-bond donors (Lipinski definition) is 1. The number of ether oxygens (including phenoxy) is 1. The van der Waals surface area contributed by atoms with Gasteiger partial charge in [-0.3, -0.25) is 18.4 Å². The number of rotatable bonds is 8. The maximum Gasteiger partial charge on any atom is 0.255 e. The second-order valence-electron chi connectivity index (χ2n) is 13.5. The molecule has 0 unspecified atom stereocenters. The van der Waals surface area contributed by atoms with Crippen molar-refractivity contribution in [2.75, 3.05) is 44.9 Å². The number of pyridine rings is 1. The molecule has 12 nitrogen and oxygen atoms in total. The van der Waals surface area contributed by atoms with Crippen LogP contribution in [0.4, 0.5) is 5.69 Å². The topological polar surface area (TPSA) is 146 Å². The number of carbonyl (C=O) groups is 1. The van der Waals surface area contributed by atoms with E-state index in [2.05, 4.69) is 20.7 Å². The Balaban J connectivity index is 1.39. The lowest BCUT2D eigenvalue weighted by atomic mass is 10.00. The maximum atomic E-state index is 13.5. The van der Waals surface area contributed by atoms with Gasteiger partial charge in [0.15, 0.2) is 0 Å². The zero-order valence-electron chi connectivity index (χ0n) is 30.0. The van der Waals surface area contributed by atoms with Gasteiger partial charge in [0.1, 0.15) is 22.7 Å². The number of likely N-dealkylation sites (tertiary alicyclic amines) is 1. The molecule has 1 aliphatic heterocycles. The lowest BCUT2D eigenvalue weighted by Gasteiger charge is -2.21. The Kier molecular flexibility index (Phi) is 8.41. The van der Waals surface area contributed by atoms with Gasteiger partial charge in [-0.2, -0.15) is 5.26 Å². The molecule has 8 rings (SSSR count). The molecule has 0 bridgehead atoms. The molecule has 1 fully saturated rings. The van der Waals surface area contributed by atoms with Crippen LogP contribution < -0.4 is 9.62 Å². The van der Waals surface area contributed by atoms with Crippen LogP contribution in [0.2, 0.25) is 0 Å². The molecule has 268 valence electrons. The number of carbonyl (C=O) groups excluding carboxylic acids is 1. The Morgan fingerprint density at radius 2 is 1.87 bits per heavy atom. The number of aryl methyl sites for hydroxylation is 1. The first-order valence-electron chi connectivity index (χ1n) is 17.2. The van der Waals surface area contributed by atoms with Crippen LogP contribution in [0.3, 0.4) is 0 Å². The average molecular weight is 728 g/mol. The fraction of sp³-hybridized carbons (Fsp3) is 0.250. The highest BCUT2D eigenvalue weighted by atomic mass is 32.2. The molecule has 0 radical (unpaired) electrons. The number of fused-ring (bicyclic) bond motifs is 6. The van der Waals surface area contributed by atoms with E-state index in [9.17, 15) is 18.5 Å². The van der Waals surface area contributed by atoms with Gasteiger partial charge < -0.3 is 14.5 Å². The largest absolute Gasteiger partial charge is 0.455 e. The summed E-state index contributed by atoms with van der Waals surface area (Å²) in [6.07, 6.45) is 2.22. The van der Waals surface area contributed by atoms with Gasteiger partial charge >= 0.3 is 0 Å². The molecule has 13 heteroatoms. The van der Waals surface area contributed by atoms with Crippen LogP contribution in [0, 0.1) is 18.3 Å². The number of nitrogens with zero attached hydrogens (tertiary/aromatic N) is 6. The van der Waals surface area contributed by atoms with Gasteiger partial charge in [-0.25, -0.2) is 18.4 Å². The summed E-state index contributed by atoms with van der Waals surface area (Å²) in [7, 11) is 1.03. The molecule has 0 saturated carbocycles. The predicted octanol–water partition coefficient (Wildman–Crippen LogP) is 6.27. The fourth-order valence-electron chi connectivity index (χ4n) is 7.32. The smallest absolute Gasteiger partial charge is 0.255 e. The van der Waals surface area contributed by atoms with Gasteiger partial charge in [-0.15, -0.1) is 0 Å². The van der Waals surface area contributed by atoms with E-state index in [1.54, 1.807) is 32.4 Å². The van der Waals surface area contributed by atoms with Crippen LogP contribution in [0.25, 0.3) is 61.0 Å². The summed E-state index contributed by atoms with van der Waals surface area (Å²) >= 11 is 0. The number of hydrogen-bond acceptors (Lipinski definition) is 9. The zero-order chi connectivity index (χ0) is 37.2. The highest BCUT2D eigenvalue weighted by molar-refractivity contribution is 7.92. The van der Waals surface area contributed by atoms with Crippen molar-refractivity contribution in [3.63, 3.8) is 0 Å². The van der Waals surface area contributed by atoms with Crippen molar-refractivity contribution in [1.29, 1.82) is 5.26 Å². The summed E-state index contributed by atoms with van der Waals surface area (Å²) < 4.78 is 41.3. The third kappa shape index (κ3) is 5.85. The maximum absolute atomic E-state index is 13.5. The number of methoxy groups -OCH3 is 1. The summed E-state index contributed by atoms with van der Waals surface area (Å²) in [5, 5.41) is 14.1. The van der Waals surface area contributed by atoms with E-state index in [0.717, 1.165) is 53.6 Å². The van der Waals surface area contributed by atoms with Crippen molar-refractivity contribution in [3.05, 3.63) is 95.3 Å². The van der Waals surface area contributed by atoms with Crippen LogP contribution in [0.1, 0.15) is 33.7 Å². The fourth-order valence-corrected chi connectivity index (χ4v) is 7.83. The molecule has 5 heterocycles. The molecule has 1 atom stereocenters. The van der Waals surface area contributed by atoms with Crippen molar-refractivity contribution in [1.82, 2.24) is 24.6 Å². The number of anilines is 1. The van der Waals surface area contributed by atoms with Gasteiger partial charge in [0.2, 0.25) is 10.0 Å². The molecule has 4 aromatic heterocycles. The number of sulfonamides is 1. The molecular formula is C40H37N7O5S. The Morgan fingerprint density at radius 1 is 1.08 bits per heavy atom. The minimum absolute atomic E-state index is 0.158. The molecule has 1 N–H and O–H groups in total. The minimum atomic E-state index is -3.74. The van der Waals surface area contributed by atoms with E-state index in [-0.39, 0.29) is 12.0 Å². The molecule has 0 spiro atoms. The Bertz CT molecular complexity index is 2770. The van der Waals surface area contributed by atoms with E-state index < -0.39 is 10.0 Å². The Hall–Kier alpha value is -5.81. The molecule has 1 amide bonds. The second-order valence-corrected chi connectivity index (χ2v) is 15.6. The molecule has 0 aliphatic carbocycles. The van der Waals surface area contributed by atoms with E-state index in [0.29, 0.717) is 67.9 Å². The highest BCUT2D eigenvalue weighted by Gasteiger charge is 2.28. The second kappa shape index (κ2) is 13.0. The van der Waals surface area contributed by atoms with Gasteiger partial charge in [0, 0.05) is 62.3 Å². The van der Waals surface area contributed by atoms with Crippen molar-refractivity contribution in [2.45, 2.75) is 26.0 Å². The molecule has 1 saturated heterocycles. The minimum Gasteiger partial charge on any atom is -0.455 e. The number of benzene rings is 3. The van der Waals surface area contributed by atoms with Crippen LogP contribution >= 0.6 is 0 Å². The third-order valence-corrected chi connectivity index (χ3v) is 11.4. The SMILES string of the molecule is CNC(=O)c1c(-c2ccc(C)cc2)oc2cc(N(C)S(C)(=O)=O)c(-c3ccc4nc(CN5CC[C@H](OC)C5)n5c6cccc(C#N)c6cc5c4n3)cc12. The first kappa shape index (κ1) is 34.3. The van der Waals surface area contributed by atoms with Gasteiger partial charge in [-0.1, -0.05) is 35.9 Å². The van der Waals surface area contributed by atoms with Crippen LogP contribution in [-0.4, -0.2) is 80.2 Å². The number of nitrogens with one attached hydrogen (secondary N) is 1. The van der Waals surface area contributed by atoms with E-state index in [1.165, 1.54) is 11.4 Å². The number of furan rings is 1. The molecule has 1 aliphatic rings. The first-order chi connectivity index (χ1) is 25.5. The van der Waals surface area contributed by atoms with Gasteiger partial charge in [0.25, 0.3) is 5.91 Å². The van der Waals surface area contributed by atoms with Crippen LogP contribution in [0.15, 0.2) is 77.2 Å². The zero-order valence-corrected chi connectivity index (χ0v) is 30.8. The van der Waals surface area contributed by atoms with Gasteiger partial charge in [0.05, 0.1) is 64.0 Å². The average Bonchev–Trinajstić information content (AvgIpc) is 3.89. The summed E-state index contributed by atoms with van der Waals surface area (Å²) in [5.41, 5.74) is 7.09. The van der Waals surface area contributed by atoms with E-state index >= 15 is 0 Å². The number of amides is 1. The Morgan fingerprint density at radius 3 is 2.57 bits per heavy atom. The monoisotopic (exact) mass is 727 g/mol. The van der Waals surface area contributed by atoms with Crippen LogP contribution in [-0.2, 0) is 21.3 Å². The summed E-state index contributed by atoms with van der Waals surface area (Å²) in [6.45, 7) is 4.21. The van der Waals surface area contributed by atoms with Crippen molar-refractivity contribution in [2.24, 2.45) is 0 Å². The summed E-state index contributed by atoms with van der Waals surface area (Å²) in [5.74, 6) is 0.833. The number of nitriles is 1. The van der Waals surface area contributed by atoms with E-state index in [4.69, 9.17) is 19.1 Å². The van der Waals surface area contributed by atoms with Crippen LogP contribution in [0.5, 0.6) is 0 Å². The molecular weight excluding hydrogens is 691 g/mol.